The van der Waals surface area contributed by atoms with E-state index in [9.17, 15) is 0 Å². The maximum Gasteiger partial charge on any atom is 0.124 e. The average Bonchev–Trinajstić information content (AvgIpc) is 2.60. The molecular formula is C18H12N6. The zero-order valence-electron chi connectivity index (χ0n) is 12.6. The molecule has 0 saturated heterocycles. The van der Waals surface area contributed by atoms with E-state index in [1.54, 1.807) is 12.1 Å². The van der Waals surface area contributed by atoms with E-state index in [1.165, 1.54) is 0 Å². The van der Waals surface area contributed by atoms with Gasteiger partial charge in [0, 0.05) is 10.8 Å². The summed E-state index contributed by atoms with van der Waals surface area (Å²) >= 11 is 0. The van der Waals surface area contributed by atoms with Crippen LogP contribution < -0.4 is 11.5 Å². The summed E-state index contributed by atoms with van der Waals surface area (Å²) < 4.78 is 0. The molecule has 2 aromatic carbocycles. The molecule has 0 atom stereocenters. The van der Waals surface area contributed by atoms with Crippen LogP contribution in [0.1, 0.15) is 0 Å². The molecule has 24 heavy (non-hydrogen) atoms. The van der Waals surface area contributed by atoms with E-state index < -0.39 is 0 Å². The van der Waals surface area contributed by atoms with Gasteiger partial charge in [0.15, 0.2) is 0 Å². The van der Waals surface area contributed by atoms with E-state index in [0.717, 1.165) is 32.8 Å². The van der Waals surface area contributed by atoms with Crippen LogP contribution in [0, 0.1) is 0 Å². The maximum atomic E-state index is 5.88. The first-order chi connectivity index (χ1) is 11.7. The zero-order chi connectivity index (χ0) is 16.3. The van der Waals surface area contributed by atoms with Crippen LogP contribution in [0.2, 0.25) is 0 Å². The predicted octanol–water partition coefficient (Wildman–Crippen LogP) is 3.04. The summed E-state index contributed by atoms with van der Waals surface area (Å²) in [7, 11) is 0. The summed E-state index contributed by atoms with van der Waals surface area (Å²) in [6.07, 6.45) is 0. The van der Waals surface area contributed by atoms with Crippen LogP contribution in [0.5, 0.6) is 0 Å². The molecule has 6 heteroatoms. The molecule has 5 aromatic rings. The second-order valence-electron chi connectivity index (χ2n) is 5.67. The van der Waals surface area contributed by atoms with Crippen LogP contribution >= 0.6 is 0 Å². The number of anilines is 2. The van der Waals surface area contributed by atoms with Crippen molar-refractivity contribution in [2.75, 3.05) is 11.5 Å². The molecule has 114 valence electrons. The van der Waals surface area contributed by atoms with Gasteiger partial charge in [-0.1, -0.05) is 12.1 Å². The van der Waals surface area contributed by atoms with Gasteiger partial charge in [-0.25, -0.2) is 19.9 Å². The van der Waals surface area contributed by atoms with Gasteiger partial charge in [0.25, 0.3) is 0 Å². The number of hydrogen-bond acceptors (Lipinski definition) is 6. The van der Waals surface area contributed by atoms with Crippen molar-refractivity contribution in [1.82, 2.24) is 19.9 Å². The zero-order valence-corrected chi connectivity index (χ0v) is 12.6. The summed E-state index contributed by atoms with van der Waals surface area (Å²) in [6.45, 7) is 0. The molecule has 0 amide bonds. The van der Waals surface area contributed by atoms with E-state index in [2.05, 4.69) is 9.97 Å². The van der Waals surface area contributed by atoms with E-state index >= 15 is 0 Å². The van der Waals surface area contributed by atoms with Gasteiger partial charge in [-0.3, -0.25) is 0 Å². The van der Waals surface area contributed by atoms with Gasteiger partial charge in [0.1, 0.15) is 22.7 Å². The van der Waals surface area contributed by atoms with Crippen molar-refractivity contribution in [3.05, 3.63) is 48.5 Å². The van der Waals surface area contributed by atoms with Crippen LogP contribution in [0.4, 0.5) is 11.6 Å². The Morgan fingerprint density at radius 3 is 1.38 bits per heavy atom. The minimum absolute atomic E-state index is 0.432. The van der Waals surface area contributed by atoms with Crippen molar-refractivity contribution >= 4 is 55.5 Å². The summed E-state index contributed by atoms with van der Waals surface area (Å²) in [6, 6.07) is 15.1. The number of hydrogen-bond donors (Lipinski definition) is 2. The van der Waals surface area contributed by atoms with Crippen LogP contribution in [-0.4, -0.2) is 19.9 Å². The SMILES string of the molecule is Nc1ccc2c(n1)c1nc(N)ccc1c1nc3ccccc3nc21. The van der Waals surface area contributed by atoms with Crippen LogP contribution in [0.15, 0.2) is 48.5 Å². The first-order valence-electron chi connectivity index (χ1n) is 7.51. The van der Waals surface area contributed by atoms with Gasteiger partial charge in [-0.05, 0) is 36.4 Å². The second kappa shape index (κ2) is 4.48. The van der Waals surface area contributed by atoms with Gasteiger partial charge in [-0.2, -0.15) is 0 Å². The van der Waals surface area contributed by atoms with Gasteiger partial charge in [0.2, 0.25) is 0 Å². The fraction of sp³-hybridized carbons (Fsp3) is 0. The fourth-order valence-electron chi connectivity index (χ4n) is 3.07. The molecule has 0 aliphatic rings. The van der Waals surface area contributed by atoms with E-state index in [1.807, 2.05) is 36.4 Å². The maximum absolute atomic E-state index is 5.88. The quantitative estimate of drug-likeness (QED) is 0.336. The van der Waals surface area contributed by atoms with Gasteiger partial charge in [0.05, 0.1) is 22.1 Å². The molecule has 0 aliphatic heterocycles. The highest BCUT2D eigenvalue weighted by Crippen LogP contribution is 2.33. The lowest BCUT2D eigenvalue weighted by atomic mass is 10.1. The molecule has 5 rings (SSSR count). The van der Waals surface area contributed by atoms with Crippen molar-refractivity contribution < 1.29 is 0 Å². The molecule has 3 heterocycles. The lowest BCUT2D eigenvalue weighted by molar-refractivity contribution is 1.36. The molecule has 0 saturated carbocycles. The minimum atomic E-state index is 0.432. The molecule has 4 N–H and O–H groups in total. The summed E-state index contributed by atoms with van der Waals surface area (Å²) in [4.78, 5) is 18.5. The smallest absolute Gasteiger partial charge is 0.124 e. The highest BCUT2D eigenvalue weighted by Gasteiger charge is 2.14. The minimum Gasteiger partial charge on any atom is -0.384 e. The molecular weight excluding hydrogens is 300 g/mol. The second-order valence-corrected chi connectivity index (χ2v) is 5.67. The third kappa shape index (κ3) is 1.70. The van der Waals surface area contributed by atoms with Gasteiger partial charge >= 0.3 is 0 Å². The Bertz CT molecular complexity index is 1180. The Morgan fingerprint density at radius 2 is 0.917 bits per heavy atom. The number of para-hydroxylation sites is 2. The lowest BCUT2D eigenvalue weighted by Crippen LogP contribution is -1.98. The van der Waals surface area contributed by atoms with Gasteiger partial charge in [-0.15, -0.1) is 0 Å². The number of rotatable bonds is 0. The molecule has 6 nitrogen and oxygen atoms in total. The Kier molecular flexibility index (Phi) is 2.42. The Labute approximate surface area is 136 Å². The largest absolute Gasteiger partial charge is 0.384 e. The van der Waals surface area contributed by atoms with Crippen molar-refractivity contribution in [1.29, 1.82) is 0 Å². The van der Waals surface area contributed by atoms with Crippen molar-refractivity contribution in [3.8, 4) is 0 Å². The summed E-state index contributed by atoms with van der Waals surface area (Å²) in [5.41, 5.74) is 16.4. The number of nitrogen functional groups attached to an aromatic ring is 2. The molecule has 0 spiro atoms. The molecule has 0 aliphatic carbocycles. The first-order valence-corrected chi connectivity index (χ1v) is 7.51. The number of aromatic nitrogens is 4. The highest BCUT2D eigenvalue weighted by molar-refractivity contribution is 6.21. The number of pyridine rings is 2. The third-order valence-corrected chi connectivity index (χ3v) is 4.14. The summed E-state index contributed by atoms with van der Waals surface area (Å²) in [5, 5.41) is 1.73. The standard InChI is InChI=1S/C18H12N6/c19-13-7-5-9-15-16(22-12-4-2-1-3-11(12)21-15)10-6-8-14(20)24-18(10)17(9)23-13/h1-8H,(H2,19,23)(H2,20,24). The Balaban J connectivity index is 2.14. The van der Waals surface area contributed by atoms with Crippen LogP contribution in [0.3, 0.4) is 0 Å². The van der Waals surface area contributed by atoms with Crippen LogP contribution in [0.25, 0.3) is 43.9 Å². The summed E-state index contributed by atoms with van der Waals surface area (Å²) in [5.74, 6) is 0.863. The molecule has 3 aromatic heterocycles. The first kappa shape index (κ1) is 13.0. The Hall–Kier alpha value is -3.54. The molecule has 0 fully saturated rings. The topological polar surface area (TPSA) is 104 Å². The number of nitrogens with two attached hydrogens (primary N) is 2. The highest BCUT2D eigenvalue weighted by atomic mass is 14.9. The van der Waals surface area contributed by atoms with Crippen molar-refractivity contribution in [2.45, 2.75) is 0 Å². The monoisotopic (exact) mass is 312 g/mol. The van der Waals surface area contributed by atoms with Gasteiger partial charge < -0.3 is 11.5 Å². The van der Waals surface area contributed by atoms with E-state index in [-0.39, 0.29) is 0 Å². The fourth-order valence-corrected chi connectivity index (χ4v) is 3.07. The number of benzene rings is 2. The normalized spacial score (nSPS) is 11.7. The third-order valence-electron chi connectivity index (χ3n) is 4.14. The Morgan fingerprint density at radius 1 is 0.500 bits per heavy atom. The predicted molar refractivity (Wildman–Crippen MR) is 96.5 cm³/mol. The molecule has 0 unspecified atom stereocenters. The van der Waals surface area contributed by atoms with Crippen molar-refractivity contribution in [2.24, 2.45) is 0 Å². The average molecular weight is 312 g/mol. The molecule has 0 bridgehead atoms. The number of nitrogens with zero attached hydrogens (tertiary/aromatic N) is 4. The molecule has 0 radical (unpaired) electrons. The van der Waals surface area contributed by atoms with E-state index in [0.29, 0.717) is 22.7 Å². The lowest BCUT2D eigenvalue weighted by Gasteiger charge is -2.09. The van der Waals surface area contributed by atoms with Crippen LogP contribution in [-0.2, 0) is 0 Å². The van der Waals surface area contributed by atoms with E-state index in [4.69, 9.17) is 21.4 Å². The number of fused-ring (bicyclic) bond motifs is 7. The van der Waals surface area contributed by atoms with Crippen molar-refractivity contribution in [3.63, 3.8) is 0 Å².